The molecule has 0 bridgehead atoms. The molecule has 1 aromatic carbocycles. The second-order valence-electron chi connectivity index (χ2n) is 4.84. The number of amides is 1. The van der Waals surface area contributed by atoms with Crippen LogP contribution in [0.25, 0.3) is 0 Å². The van der Waals surface area contributed by atoms with E-state index in [-0.39, 0.29) is 5.91 Å². The number of nitrogens with zero attached hydrogens (tertiary/aromatic N) is 2. The summed E-state index contributed by atoms with van der Waals surface area (Å²) in [4.78, 5) is 15.9. The molecule has 0 saturated carbocycles. The van der Waals surface area contributed by atoms with Crippen LogP contribution in [0.5, 0.6) is 0 Å². The SMILES string of the molecule is COCCNc1ccc(CNC(=O)c2ccc(C#N)cn2)cc1. The number of benzene rings is 1. The van der Waals surface area contributed by atoms with Crippen molar-refractivity contribution in [3.8, 4) is 6.07 Å². The molecule has 23 heavy (non-hydrogen) atoms. The summed E-state index contributed by atoms with van der Waals surface area (Å²) in [6, 6.07) is 12.9. The van der Waals surface area contributed by atoms with E-state index in [1.54, 1.807) is 13.2 Å². The summed E-state index contributed by atoms with van der Waals surface area (Å²) in [5.41, 5.74) is 2.72. The van der Waals surface area contributed by atoms with Gasteiger partial charge in [-0.05, 0) is 29.8 Å². The Morgan fingerprint density at radius 2 is 2.04 bits per heavy atom. The van der Waals surface area contributed by atoms with Gasteiger partial charge < -0.3 is 15.4 Å². The average molecular weight is 310 g/mol. The number of ether oxygens (including phenoxy) is 1. The van der Waals surface area contributed by atoms with Crippen LogP contribution in [0.3, 0.4) is 0 Å². The molecule has 0 saturated heterocycles. The Labute approximate surface area is 135 Å². The first kappa shape index (κ1) is 16.5. The van der Waals surface area contributed by atoms with Gasteiger partial charge in [-0.2, -0.15) is 5.26 Å². The van der Waals surface area contributed by atoms with Crippen molar-refractivity contribution in [2.75, 3.05) is 25.6 Å². The van der Waals surface area contributed by atoms with Gasteiger partial charge in [-0.15, -0.1) is 0 Å². The zero-order valence-corrected chi connectivity index (χ0v) is 12.9. The van der Waals surface area contributed by atoms with Crippen LogP contribution in [-0.4, -0.2) is 31.2 Å². The van der Waals surface area contributed by atoms with Gasteiger partial charge in [0.15, 0.2) is 0 Å². The molecular formula is C17H18N4O2. The minimum atomic E-state index is -0.267. The van der Waals surface area contributed by atoms with Crippen LogP contribution in [0.1, 0.15) is 21.6 Å². The van der Waals surface area contributed by atoms with Crippen LogP contribution in [0.15, 0.2) is 42.6 Å². The highest BCUT2D eigenvalue weighted by Crippen LogP contribution is 2.09. The minimum absolute atomic E-state index is 0.267. The number of anilines is 1. The first-order valence-corrected chi connectivity index (χ1v) is 7.19. The molecule has 1 heterocycles. The Bertz CT molecular complexity index is 675. The smallest absolute Gasteiger partial charge is 0.270 e. The fourth-order valence-corrected chi connectivity index (χ4v) is 1.91. The molecule has 0 radical (unpaired) electrons. The van der Waals surface area contributed by atoms with Gasteiger partial charge in [-0.1, -0.05) is 12.1 Å². The van der Waals surface area contributed by atoms with Gasteiger partial charge in [0.2, 0.25) is 0 Å². The van der Waals surface area contributed by atoms with E-state index < -0.39 is 0 Å². The predicted molar refractivity (Wildman–Crippen MR) is 86.9 cm³/mol. The highest BCUT2D eigenvalue weighted by Gasteiger charge is 2.06. The van der Waals surface area contributed by atoms with Gasteiger partial charge in [-0.3, -0.25) is 4.79 Å². The summed E-state index contributed by atoms with van der Waals surface area (Å²) in [6.45, 7) is 1.81. The van der Waals surface area contributed by atoms with E-state index in [0.29, 0.717) is 24.4 Å². The molecule has 0 unspecified atom stereocenters. The molecule has 0 aliphatic carbocycles. The standard InChI is InChI=1S/C17H18N4O2/c1-23-9-8-19-15-5-2-13(3-6-15)11-21-17(22)16-7-4-14(10-18)12-20-16/h2-7,12,19H,8-9,11H2,1H3,(H,21,22). The summed E-state index contributed by atoms with van der Waals surface area (Å²) in [5.74, 6) is -0.267. The van der Waals surface area contributed by atoms with Crippen LogP contribution in [0.4, 0.5) is 5.69 Å². The Balaban J connectivity index is 1.85. The van der Waals surface area contributed by atoms with E-state index in [1.807, 2.05) is 30.3 Å². The number of nitrogens with one attached hydrogen (secondary N) is 2. The van der Waals surface area contributed by atoms with Crippen LogP contribution in [0.2, 0.25) is 0 Å². The normalized spacial score (nSPS) is 9.91. The van der Waals surface area contributed by atoms with E-state index in [0.717, 1.165) is 17.8 Å². The van der Waals surface area contributed by atoms with Gasteiger partial charge in [0, 0.05) is 32.1 Å². The number of methoxy groups -OCH3 is 1. The summed E-state index contributed by atoms with van der Waals surface area (Å²) in [6.07, 6.45) is 1.38. The molecule has 0 aliphatic rings. The van der Waals surface area contributed by atoms with E-state index in [4.69, 9.17) is 10.00 Å². The zero-order chi connectivity index (χ0) is 16.5. The molecule has 2 N–H and O–H groups in total. The zero-order valence-electron chi connectivity index (χ0n) is 12.9. The lowest BCUT2D eigenvalue weighted by atomic mass is 10.2. The first-order valence-electron chi connectivity index (χ1n) is 7.19. The number of nitriles is 1. The third kappa shape index (κ3) is 5.09. The summed E-state index contributed by atoms with van der Waals surface area (Å²) >= 11 is 0. The largest absolute Gasteiger partial charge is 0.383 e. The highest BCUT2D eigenvalue weighted by atomic mass is 16.5. The molecule has 1 amide bonds. The summed E-state index contributed by atoms with van der Waals surface area (Å²) < 4.78 is 4.98. The molecule has 0 fully saturated rings. The van der Waals surface area contributed by atoms with Gasteiger partial charge in [-0.25, -0.2) is 4.98 Å². The van der Waals surface area contributed by atoms with Crippen molar-refractivity contribution in [2.24, 2.45) is 0 Å². The van der Waals surface area contributed by atoms with Crippen molar-refractivity contribution < 1.29 is 9.53 Å². The molecule has 6 heteroatoms. The molecule has 0 spiro atoms. The van der Waals surface area contributed by atoms with Crippen molar-refractivity contribution in [3.63, 3.8) is 0 Å². The number of carbonyl (C=O) groups excluding carboxylic acids is 1. The number of carbonyl (C=O) groups is 1. The second-order valence-corrected chi connectivity index (χ2v) is 4.84. The lowest BCUT2D eigenvalue weighted by Crippen LogP contribution is -2.23. The van der Waals surface area contributed by atoms with Gasteiger partial charge >= 0.3 is 0 Å². The quantitative estimate of drug-likeness (QED) is 0.763. The summed E-state index contributed by atoms with van der Waals surface area (Å²) in [5, 5.41) is 14.7. The second kappa shape index (κ2) is 8.51. The lowest BCUT2D eigenvalue weighted by Gasteiger charge is -2.08. The molecule has 0 atom stereocenters. The molecule has 1 aromatic heterocycles. The molecule has 2 rings (SSSR count). The molecule has 0 aliphatic heterocycles. The van der Waals surface area contributed by atoms with Crippen LogP contribution >= 0.6 is 0 Å². The van der Waals surface area contributed by atoms with Crippen LogP contribution < -0.4 is 10.6 Å². The van der Waals surface area contributed by atoms with Gasteiger partial charge in [0.1, 0.15) is 11.8 Å². The maximum Gasteiger partial charge on any atom is 0.270 e. The van der Waals surface area contributed by atoms with E-state index in [2.05, 4.69) is 15.6 Å². The van der Waals surface area contributed by atoms with Crippen LogP contribution in [0, 0.1) is 11.3 Å². The minimum Gasteiger partial charge on any atom is -0.383 e. The van der Waals surface area contributed by atoms with Crippen LogP contribution in [-0.2, 0) is 11.3 Å². The fraction of sp³-hybridized carbons (Fsp3) is 0.235. The number of aromatic nitrogens is 1. The Hall–Kier alpha value is -2.91. The Morgan fingerprint density at radius 1 is 1.26 bits per heavy atom. The van der Waals surface area contributed by atoms with Crippen molar-refractivity contribution in [2.45, 2.75) is 6.54 Å². The third-order valence-electron chi connectivity index (χ3n) is 3.17. The maximum absolute atomic E-state index is 12.0. The number of hydrogen-bond acceptors (Lipinski definition) is 5. The Kier molecular flexibility index (Phi) is 6.09. The monoisotopic (exact) mass is 310 g/mol. The first-order chi connectivity index (χ1) is 11.2. The van der Waals surface area contributed by atoms with E-state index in [1.165, 1.54) is 12.3 Å². The fourth-order valence-electron chi connectivity index (χ4n) is 1.91. The van der Waals surface area contributed by atoms with Crippen molar-refractivity contribution in [3.05, 3.63) is 59.4 Å². The van der Waals surface area contributed by atoms with Crippen molar-refractivity contribution in [1.29, 1.82) is 5.26 Å². The summed E-state index contributed by atoms with van der Waals surface area (Å²) in [7, 11) is 1.66. The number of pyridine rings is 1. The molecule has 6 nitrogen and oxygen atoms in total. The van der Waals surface area contributed by atoms with Crippen molar-refractivity contribution in [1.82, 2.24) is 10.3 Å². The molecular weight excluding hydrogens is 292 g/mol. The van der Waals surface area contributed by atoms with Crippen molar-refractivity contribution >= 4 is 11.6 Å². The number of rotatable bonds is 7. The van der Waals surface area contributed by atoms with Gasteiger partial charge in [0.25, 0.3) is 5.91 Å². The molecule has 118 valence electrons. The molecule has 2 aromatic rings. The predicted octanol–water partition coefficient (Wildman–Crippen LogP) is 1.94. The topological polar surface area (TPSA) is 87.0 Å². The van der Waals surface area contributed by atoms with E-state index >= 15 is 0 Å². The number of hydrogen-bond donors (Lipinski definition) is 2. The average Bonchev–Trinajstić information content (AvgIpc) is 2.61. The van der Waals surface area contributed by atoms with Gasteiger partial charge in [0.05, 0.1) is 12.2 Å². The third-order valence-corrected chi connectivity index (χ3v) is 3.17. The lowest BCUT2D eigenvalue weighted by molar-refractivity contribution is 0.0946. The van der Waals surface area contributed by atoms with E-state index in [9.17, 15) is 4.79 Å². The highest BCUT2D eigenvalue weighted by molar-refractivity contribution is 5.92. The Morgan fingerprint density at radius 3 is 2.65 bits per heavy atom. The maximum atomic E-state index is 12.0.